The molecule has 0 bridgehead atoms. The van der Waals surface area contributed by atoms with Crippen molar-refractivity contribution in [3.8, 4) is 5.75 Å². The van der Waals surface area contributed by atoms with Gasteiger partial charge in [-0.2, -0.15) is 0 Å². The number of rotatable bonds is 7. The molecule has 0 aliphatic carbocycles. The van der Waals surface area contributed by atoms with Gasteiger partial charge < -0.3 is 10.1 Å². The Morgan fingerprint density at radius 1 is 1.21 bits per heavy atom. The summed E-state index contributed by atoms with van der Waals surface area (Å²) in [5, 5.41) is 3.63. The zero-order valence-corrected chi connectivity index (χ0v) is 15.7. The molecule has 0 spiro atoms. The van der Waals surface area contributed by atoms with Crippen molar-refractivity contribution in [2.24, 2.45) is 0 Å². The van der Waals surface area contributed by atoms with Gasteiger partial charge in [-0.05, 0) is 56.7 Å². The molecule has 2 aromatic carbocycles. The molecule has 2 aromatic rings. The second-order valence-corrected chi connectivity index (χ2v) is 7.23. The Kier molecular flexibility index (Phi) is 7.00. The van der Waals surface area contributed by atoms with Gasteiger partial charge in [-0.25, -0.2) is 0 Å². The first-order chi connectivity index (χ1) is 11.5. The molecule has 0 aliphatic heterocycles. The first-order valence-corrected chi connectivity index (χ1v) is 9.22. The minimum atomic E-state index is -0.521. The summed E-state index contributed by atoms with van der Waals surface area (Å²) >= 11 is 7.53. The van der Waals surface area contributed by atoms with Crippen molar-refractivity contribution >= 4 is 29.3 Å². The Morgan fingerprint density at radius 2 is 1.92 bits per heavy atom. The smallest absolute Gasteiger partial charge is 0.260 e. The van der Waals surface area contributed by atoms with E-state index >= 15 is 0 Å². The predicted octanol–water partition coefficient (Wildman–Crippen LogP) is 4.63. The number of carbonyl (C=O) groups excluding carboxylic acids is 1. The molecule has 0 fully saturated rings. The van der Waals surface area contributed by atoms with Gasteiger partial charge >= 0.3 is 0 Å². The van der Waals surface area contributed by atoms with Gasteiger partial charge in [0.05, 0.1) is 0 Å². The van der Waals surface area contributed by atoms with Gasteiger partial charge in [0.15, 0.2) is 6.10 Å². The molecule has 1 amide bonds. The maximum atomic E-state index is 12.1. The largest absolute Gasteiger partial charge is 0.481 e. The molecule has 128 valence electrons. The average molecular weight is 364 g/mol. The van der Waals surface area contributed by atoms with Crippen LogP contribution in [-0.4, -0.2) is 24.3 Å². The highest BCUT2D eigenvalue weighted by molar-refractivity contribution is 7.99. The zero-order chi connectivity index (χ0) is 17.5. The second-order valence-electron chi connectivity index (χ2n) is 5.62. The molecule has 0 aliphatic rings. The number of benzene rings is 2. The average Bonchev–Trinajstić information content (AvgIpc) is 2.55. The summed E-state index contributed by atoms with van der Waals surface area (Å²) in [5.74, 6) is 1.44. The lowest BCUT2D eigenvalue weighted by atomic mass is 10.1. The van der Waals surface area contributed by atoms with Gasteiger partial charge in [-0.3, -0.25) is 4.79 Å². The van der Waals surface area contributed by atoms with E-state index < -0.39 is 6.10 Å². The standard InChI is InChI=1S/C19H22ClNO2S/c1-13-4-9-18(14(2)12-13)23-15(3)19(22)21-10-11-24-17-7-5-16(20)6-8-17/h4-9,12,15H,10-11H2,1-3H3,(H,21,22)/t15-/m1/s1. The van der Waals surface area contributed by atoms with E-state index in [1.165, 1.54) is 5.56 Å². The molecular formula is C19H22ClNO2S. The van der Waals surface area contributed by atoms with Crippen molar-refractivity contribution < 1.29 is 9.53 Å². The number of halogens is 1. The van der Waals surface area contributed by atoms with Crippen LogP contribution in [0, 0.1) is 13.8 Å². The molecular weight excluding hydrogens is 342 g/mol. The van der Waals surface area contributed by atoms with E-state index in [9.17, 15) is 4.79 Å². The van der Waals surface area contributed by atoms with Crippen LogP contribution in [0.2, 0.25) is 5.02 Å². The van der Waals surface area contributed by atoms with Crippen molar-refractivity contribution in [3.05, 3.63) is 58.6 Å². The summed E-state index contributed by atoms with van der Waals surface area (Å²) in [6, 6.07) is 13.6. The Morgan fingerprint density at radius 3 is 2.58 bits per heavy atom. The highest BCUT2D eigenvalue weighted by Crippen LogP contribution is 2.21. The third kappa shape index (κ3) is 5.77. The number of ether oxygens (including phenoxy) is 1. The number of amides is 1. The lowest BCUT2D eigenvalue weighted by Crippen LogP contribution is -2.37. The van der Waals surface area contributed by atoms with Crippen LogP contribution in [0.3, 0.4) is 0 Å². The number of aryl methyl sites for hydroxylation is 2. The number of hydrogen-bond acceptors (Lipinski definition) is 3. The van der Waals surface area contributed by atoms with Crippen molar-refractivity contribution in [2.45, 2.75) is 31.8 Å². The summed E-state index contributed by atoms with van der Waals surface area (Å²) < 4.78 is 5.76. The first kappa shape index (κ1) is 18.7. The van der Waals surface area contributed by atoms with E-state index in [0.29, 0.717) is 6.54 Å². The number of hydrogen-bond donors (Lipinski definition) is 1. The van der Waals surface area contributed by atoms with Crippen molar-refractivity contribution in [1.29, 1.82) is 0 Å². The Labute approximate surface area is 152 Å². The monoisotopic (exact) mass is 363 g/mol. The maximum Gasteiger partial charge on any atom is 0.260 e. The van der Waals surface area contributed by atoms with E-state index in [-0.39, 0.29) is 5.91 Å². The summed E-state index contributed by atoms with van der Waals surface area (Å²) in [4.78, 5) is 13.3. The van der Waals surface area contributed by atoms with Crippen molar-refractivity contribution in [1.82, 2.24) is 5.32 Å². The summed E-state index contributed by atoms with van der Waals surface area (Å²) in [6.07, 6.45) is -0.521. The van der Waals surface area contributed by atoms with Crippen molar-refractivity contribution in [2.75, 3.05) is 12.3 Å². The lowest BCUT2D eigenvalue weighted by molar-refractivity contribution is -0.127. The lowest BCUT2D eigenvalue weighted by Gasteiger charge is -2.16. The Balaban J connectivity index is 1.74. The minimum Gasteiger partial charge on any atom is -0.481 e. The van der Waals surface area contributed by atoms with E-state index in [1.54, 1.807) is 18.7 Å². The summed E-state index contributed by atoms with van der Waals surface area (Å²) in [5.41, 5.74) is 2.21. The van der Waals surface area contributed by atoms with Crippen LogP contribution < -0.4 is 10.1 Å². The highest BCUT2D eigenvalue weighted by Gasteiger charge is 2.15. The zero-order valence-electron chi connectivity index (χ0n) is 14.1. The Bertz CT molecular complexity index is 688. The molecule has 0 radical (unpaired) electrons. The summed E-state index contributed by atoms with van der Waals surface area (Å²) in [6.45, 7) is 6.37. The fourth-order valence-electron chi connectivity index (χ4n) is 2.19. The fraction of sp³-hybridized carbons (Fsp3) is 0.316. The van der Waals surface area contributed by atoms with Gasteiger partial charge in [0.2, 0.25) is 0 Å². The molecule has 2 rings (SSSR count). The van der Waals surface area contributed by atoms with Crippen LogP contribution in [0.5, 0.6) is 5.75 Å². The van der Waals surface area contributed by atoms with Gasteiger partial charge in [-0.15, -0.1) is 11.8 Å². The topological polar surface area (TPSA) is 38.3 Å². The SMILES string of the molecule is Cc1ccc(O[C@H](C)C(=O)NCCSc2ccc(Cl)cc2)c(C)c1. The van der Waals surface area contributed by atoms with Crippen LogP contribution in [-0.2, 0) is 4.79 Å². The third-order valence-electron chi connectivity index (χ3n) is 3.49. The molecule has 5 heteroatoms. The number of carbonyl (C=O) groups is 1. The van der Waals surface area contributed by atoms with Crippen LogP contribution in [0.15, 0.2) is 47.4 Å². The molecule has 3 nitrogen and oxygen atoms in total. The number of nitrogens with one attached hydrogen (secondary N) is 1. The van der Waals surface area contributed by atoms with E-state index in [0.717, 1.165) is 27.0 Å². The molecule has 0 saturated carbocycles. The van der Waals surface area contributed by atoms with Crippen LogP contribution >= 0.6 is 23.4 Å². The van der Waals surface area contributed by atoms with Gasteiger partial charge in [0.1, 0.15) is 5.75 Å². The normalized spacial score (nSPS) is 11.8. The first-order valence-electron chi connectivity index (χ1n) is 7.85. The molecule has 1 N–H and O–H groups in total. The quantitative estimate of drug-likeness (QED) is 0.575. The second kappa shape index (κ2) is 9.00. The molecule has 0 heterocycles. The van der Waals surface area contributed by atoms with Gasteiger partial charge in [-0.1, -0.05) is 29.3 Å². The molecule has 0 saturated heterocycles. The predicted molar refractivity (Wildman–Crippen MR) is 101 cm³/mol. The summed E-state index contributed by atoms with van der Waals surface area (Å²) in [7, 11) is 0. The Hall–Kier alpha value is -1.65. The van der Waals surface area contributed by atoms with Crippen LogP contribution in [0.25, 0.3) is 0 Å². The van der Waals surface area contributed by atoms with Gasteiger partial charge in [0, 0.05) is 22.2 Å². The minimum absolute atomic E-state index is 0.105. The van der Waals surface area contributed by atoms with Crippen LogP contribution in [0.1, 0.15) is 18.1 Å². The molecule has 0 unspecified atom stereocenters. The van der Waals surface area contributed by atoms with E-state index in [2.05, 4.69) is 5.32 Å². The van der Waals surface area contributed by atoms with Gasteiger partial charge in [0.25, 0.3) is 5.91 Å². The van der Waals surface area contributed by atoms with E-state index in [1.807, 2.05) is 56.3 Å². The van der Waals surface area contributed by atoms with Crippen molar-refractivity contribution in [3.63, 3.8) is 0 Å². The molecule has 0 aromatic heterocycles. The maximum absolute atomic E-state index is 12.1. The number of thioether (sulfide) groups is 1. The third-order valence-corrected chi connectivity index (χ3v) is 4.75. The highest BCUT2D eigenvalue weighted by atomic mass is 35.5. The van der Waals surface area contributed by atoms with E-state index in [4.69, 9.17) is 16.3 Å². The van der Waals surface area contributed by atoms with Crippen LogP contribution in [0.4, 0.5) is 0 Å². The molecule has 24 heavy (non-hydrogen) atoms. The fourth-order valence-corrected chi connectivity index (χ4v) is 3.09. The molecule has 1 atom stereocenters.